The topological polar surface area (TPSA) is 53.6 Å². The van der Waals surface area contributed by atoms with Crippen LogP contribution in [0.1, 0.15) is 24.2 Å². The van der Waals surface area contributed by atoms with Crippen molar-refractivity contribution in [2.24, 2.45) is 0 Å². The largest absolute Gasteiger partial charge is 0.435 e. The van der Waals surface area contributed by atoms with E-state index in [0.29, 0.717) is 23.5 Å². The lowest BCUT2D eigenvalue weighted by Gasteiger charge is -2.18. The third-order valence-corrected chi connectivity index (χ3v) is 4.14. The number of carbonyl (C=O) groups is 1. The molecule has 2 rings (SSSR count). The number of likely N-dealkylation sites (N-methyl/N-ethyl adjacent to an activating group) is 1. The van der Waals surface area contributed by atoms with Crippen LogP contribution in [0.4, 0.5) is 20.2 Å². The smallest absolute Gasteiger partial charge is 0.387 e. The molecule has 0 saturated heterocycles. The van der Waals surface area contributed by atoms with Gasteiger partial charge in [-0.05, 0) is 49.5 Å². The molecular formula is C20H25F2N3O2. The summed E-state index contributed by atoms with van der Waals surface area (Å²) in [6.07, 6.45) is 0. The minimum Gasteiger partial charge on any atom is -0.435 e. The van der Waals surface area contributed by atoms with Gasteiger partial charge < -0.3 is 20.3 Å². The molecule has 0 fully saturated rings. The minimum absolute atomic E-state index is 0.0815. The number of nitrogens with one attached hydrogen (secondary N) is 2. The van der Waals surface area contributed by atoms with E-state index >= 15 is 0 Å². The Bertz CT molecular complexity index is 719. The molecule has 27 heavy (non-hydrogen) atoms. The lowest BCUT2D eigenvalue weighted by molar-refractivity contribution is -0.0498. The van der Waals surface area contributed by atoms with Crippen LogP contribution in [0.5, 0.6) is 5.75 Å². The van der Waals surface area contributed by atoms with E-state index in [1.807, 2.05) is 6.07 Å². The van der Waals surface area contributed by atoms with E-state index in [1.54, 1.807) is 30.3 Å². The predicted molar refractivity (Wildman–Crippen MR) is 103 cm³/mol. The van der Waals surface area contributed by atoms with Crippen LogP contribution < -0.4 is 15.4 Å². The zero-order valence-corrected chi connectivity index (χ0v) is 15.5. The van der Waals surface area contributed by atoms with E-state index in [2.05, 4.69) is 34.1 Å². The highest BCUT2D eigenvalue weighted by Crippen LogP contribution is 2.23. The Hall–Kier alpha value is -2.67. The summed E-state index contributed by atoms with van der Waals surface area (Å²) < 4.78 is 28.8. The van der Waals surface area contributed by atoms with Gasteiger partial charge in [0.2, 0.25) is 0 Å². The highest BCUT2D eigenvalue weighted by molar-refractivity contribution is 6.00. The Morgan fingerprint density at radius 3 is 2.37 bits per heavy atom. The number of nitrogens with zero attached hydrogens (tertiary/aromatic N) is 1. The van der Waals surface area contributed by atoms with Crippen LogP contribution in [0, 0.1) is 0 Å². The summed E-state index contributed by atoms with van der Waals surface area (Å²) in [7, 11) is 0. The fourth-order valence-corrected chi connectivity index (χ4v) is 2.63. The first-order valence-electron chi connectivity index (χ1n) is 8.95. The van der Waals surface area contributed by atoms with Gasteiger partial charge in [0.15, 0.2) is 0 Å². The fraction of sp³-hybridized carbons (Fsp3) is 0.350. The van der Waals surface area contributed by atoms with Crippen LogP contribution in [-0.4, -0.2) is 43.6 Å². The van der Waals surface area contributed by atoms with Crippen molar-refractivity contribution >= 4 is 17.3 Å². The molecule has 0 unspecified atom stereocenters. The number of carbonyl (C=O) groups excluding carboxylic acids is 1. The SMILES string of the molecule is CCN(CC)CCNC(=O)c1ccccc1Nc1ccc(OC(F)F)cc1. The molecule has 0 atom stereocenters. The first kappa shape index (κ1) is 20.6. The summed E-state index contributed by atoms with van der Waals surface area (Å²) in [5, 5.41) is 6.07. The second kappa shape index (κ2) is 10.5. The Morgan fingerprint density at radius 1 is 1.07 bits per heavy atom. The summed E-state index contributed by atoms with van der Waals surface area (Å²) in [4.78, 5) is 14.7. The standard InChI is InChI=1S/C20H25F2N3O2/c1-3-25(4-2)14-13-23-19(26)17-7-5-6-8-18(17)24-15-9-11-16(12-10-15)27-20(21)22/h5-12,20,24H,3-4,13-14H2,1-2H3,(H,23,26). The van der Waals surface area contributed by atoms with Gasteiger partial charge in [-0.25, -0.2) is 0 Å². The van der Waals surface area contributed by atoms with E-state index in [-0.39, 0.29) is 11.7 Å². The summed E-state index contributed by atoms with van der Waals surface area (Å²) in [5.41, 5.74) is 1.82. The number of benzene rings is 2. The first-order valence-corrected chi connectivity index (χ1v) is 8.95. The van der Waals surface area contributed by atoms with Crippen molar-refractivity contribution in [3.05, 3.63) is 54.1 Å². The number of anilines is 2. The van der Waals surface area contributed by atoms with Gasteiger partial charge in [0.25, 0.3) is 5.91 Å². The van der Waals surface area contributed by atoms with Crippen LogP contribution in [0.2, 0.25) is 0 Å². The maximum Gasteiger partial charge on any atom is 0.387 e. The Kier molecular flexibility index (Phi) is 8.00. The highest BCUT2D eigenvalue weighted by atomic mass is 19.3. The maximum atomic E-state index is 12.5. The van der Waals surface area contributed by atoms with Crippen LogP contribution in [0.3, 0.4) is 0 Å². The van der Waals surface area contributed by atoms with Gasteiger partial charge in [-0.2, -0.15) is 8.78 Å². The van der Waals surface area contributed by atoms with Crippen molar-refractivity contribution in [3.8, 4) is 5.75 Å². The summed E-state index contributed by atoms with van der Waals surface area (Å²) in [5.74, 6) is -0.0825. The molecule has 0 saturated carbocycles. The minimum atomic E-state index is -2.86. The zero-order chi connectivity index (χ0) is 19.6. The summed E-state index contributed by atoms with van der Waals surface area (Å²) in [6, 6.07) is 13.3. The molecule has 2 aromatic carbocycles. The monoisotopic (exact) mass is 377 g/mol. The van der Waals surface area contributed by atoms with Crippen LogP contribution >= 0.6 is 0 Å². The maximum absolute atomic E-state index is 12.5. The van der Waals surface area contributed by atoms with Crippen molar-refractivity contribution in [2.45, 2.75) is 20.5 Å². The summed E-state index contributed by atoms with van der Waals surface area (Å²) in [6.45, 7) is 4.55. The van der Waals surface area contributed by atoms with Gasteiger partial charge in [-0.3, -0.25) is 4.79 Å². The lowest BCUT2D eigenvalue weighted by Crippen LogP contribution is -2.35. The molecule has 0 heterocycles. The first-order chi connectivity index (χ1) is 13.0. The number of hydrogen-bond acceptors (Lipinski definition) is 4. The molecule has 0 aliphatic heterocycles. The van der Waals surface area contributed by atoms with Gasteiger partial charge in [0.1, 0.15) is 5.75 Å². The van der Waals surface area contributed by atoms with Gasteiger partial charge in [-0.1, -0.05) is 26.0 Å². The van der Waals surface area contributed by atoms with Crippen molar-refractivity contribution in [3.63, 3.8) is 0 Å². The number of hydrogen-bond donors (Lipinski definition) is 2. The Morgan fingerprint density at radius 2 is 1.74 bits per heavy atom. The number of amides is 1. The molecule has 5 nitrogen and oxygen atoms in total. The number of rotatable bonds is 10. The van der Waals surface area contributed by atoms with E-state index in [4.69, 9.17) is 0 Å². The average Bonchev–Trinajstić information content (AvgIpc) is 2.66. The van der Waals surface area contributed by atoms with Crippen molar-refractivity contribution in [1.82, 2.24) is 10.2 Å². The molecule has 0 radical (unpaired) electrons. The highest BCUT2D eigenvalue weighted by Gasteiger charge is 2.11. The predicted octanol–water partition coefficient (Wildman–Crippen LogP) is 4.10. The normalized spacial score (nSPS) is 10.9. The molecule has 0 aromatic heterocycles. The lowest BCUT2D eigenvalue weighted by atomic mass is 10.1. The fourth-order valence-electron chi connectivity index (χ4n) is 2.63. The molecule has 7 heteroatoms. The molecule has 0 spiro atoms. The van der Waals surface area contributed by atoms with E-state index in [9.17, 15) is 13.6 Å². The number of ether oxygens (including phenoxy) is 1. The molecule has 0 bridgehead atoms. The van der Waals surface area contributed by atoms with Crippen molar-refractivity contribution in [1.29, 1.82) is 0 Å². The number of alkyl halides is 2. The van der Waals surface area contributed by atoms with Gasteiger partial charge in [0.05, 0.1) is 11.3 Å². The van der Waals surface area contributed by atoms with E-state index < -0.39 is 6.61 Å². The van der Waals surface area contributed by atoms with Crippen LogP contribution in [-0.2, 0) is 0 Å². The van der Waals surface area contributed by atoms with Gasteiger partial charge >= 0.3 is 6.61 Å². The molecular weight excluding hydrogens is 352 g/mol. The van der Waals surface area contributed by atoms with Crippen LogP contribution in [0.25, 0.3) is 0 Å². The third-order valence-electron chi connectivity index (χ3n) is 4.14. The molecule has 2 aromatic rings. The Labute approximate surface area is 158 Å². The number of para-hydroxylation sites is 1. The second-order valence-electron chi connectivity index (χ2n) is 5.86. The molecule has 2 N–H and O–H groups in total. The molecule has 1 amide bonds. The molecule has 146 valence electrons. The quantitative estimate of drug-likeness (QED) is 0.654. The summed E-state index contributed by atoms with van der Waals surface area (Å²) >= 11 is 0. The number of halogens is 2. The third kappa shape index (κ3) is 6.53. The van der Waals surface area contributed by atoms with Crippen molar-refractivity contribution in [2.75, 3.05) is 31.5 Å². The van der Waals surface area contributed by atoms with Gasteiger partial charge in [-0.15, -0.1) is 0 Å². The molecule has 0 aliphatic carbocycles. The van der Waals surface area contributed by atoms with Crippen LogP contribution in [0.15, 0.2) is 48.5 Å². The van der Waals surface area contributed by atoms with Crippen molar-refractivity contribution < 1.29 is 18.3 Å². The average molecular weight is 377 g/mol. The van der Waals surface area contributed by atoms with E-state index in [0.717, 1.165) is 19.6 Å². The molecule has 0 aliphatic rings. The Balaban J connectivity index is 2.01. The van der Waals surface area contributed by atoms with Gasteiger partial charge in [0, 0.05) is 18.8 Å². The zero-order valence-electron chi connectivity index (χ0n) is 15.5. The van der Waals surface area contributed by atoms with E-state index in [1.165, 1.54) is 12.1 Å². The second-order valence-corrected chi connectivity index (χ2v) is 5.86.